The summed E-state index contributed by atoms with van der Waals surface area (Å²) in [7, 11) is 0. The molecule has 2 aliphatic carbocycles. The van der Waals surface area contributed by atoms with Gasteiger partial charge in [-0.2, -0.15) is 0 Å². The fourth-order valence-electron chi connectivity index (χ4n) is 4.38. The number of aromatic hydroxyl groups is 1. The van der Waals surface area contributed by atoms with Crippen molar-refractivity contribution in [1.82, 2.24) is 10.2 Å². The third-order valence-corrected chi connectivity index (χ3v) is 6.63. The molecule has 2 aromatic carbocycles. The summed E-state index contributed by atoms with van der Waals surface area (Å²) in [4.78, 5) is 20.7. The molecule has 1 amide bonds. The van der Waals surface area contributed by atoms with Crippen LogP contribution in [-0.2, 0) is 10.3 Å². The van der Waals surface area contributed by atoms with Gasteiger partial charge in [-0.1, -0.05) is 48.0 Å². The van der Waals surface area contributed by atoms with Gasteiger partial charge in [-0.15, -0.1) is 0 Å². The lowest BCUT2D eigenvalue weighted by molar-refractivity contribution is -0.128. The van der Waals surface area contributed by atoms with E-state index in [1.807, 2.05) is 36.4 Å². The summed E-state index contributed by atoms with van der Waals surface area (Å²) in [5.74, 6) is 1.15. The number of rotatable bonds is 7. The maximum atomic E-state index is 13.7. The molecule has 156 valence electrons. The van der Waals surface area contributed by atoms with Crippen LogP contribution in [0.15, 0.2) is 53.5 Å². The topological polar surface area (TPSA) is 64.9 Å². The standard InChI is InChI=1S/C24H26ClN3O2/c25-19-10-11-20(21(29)12-19)22-24(18-4-2-1-3-5-18,23(30)26-13-16-6-7-16)27-15-28(22)14-17-8-9-17/h1-5,10-12,15-17,22,29H,6-9,13-14H2,(H,26,30)/t22-,24-/m0/s1. The van der Waals surface area contributed by atoms with Crippen LogP contribution in [0, 0.1) is 11.8 Å². The molecular formula is C24H26ClN3O2. The van der Waals surface area contributed by atoms with Crippen LogP contribution in [-0.4, -0.2) is 35.3 Å². The zero-order chi connectivity index (χ0) is 20.7. The van der Waals surface area contributed by atoms with Crippen molar-refractivity contribution < 1.29 is 9.90 Å². The highest BCUT2D eigenvalue weighted by atomic mass is 35.5. The predicted octanol–water partition coefficient (Wildman–Crippen LogP) is 4.26. The maximum Gasteiger partial charge on any atom is 0.255 e. The summed E-state index contributed by atoms with van der Waals surface area (Å²) in [5.41, 5.74) is 0.339. The summed E-state index contributed by atoms with van der Waals surface area (Å²) in [6.45, 7) is 1.49. The van der Waals surface area contributed by atoms with Gasteiger partial charge in [-0.05, 0) is 55.2 Å². The van der Waals surface area contributed by atoms with E-state index in [0.717, 1.165) is 24.9 Å². The fourth-order valence-corrected chi connectivity index (χ4v) is 4.54. The van der Waals surface area contributed by atoms with E-state index in [9.17, 15) is 9.90 Å². The molecule has 0 radical (unpaired) electrons. The molecule has 3 aliphatic rings. The second kappa shape index (κ2) is 7.62. The molecule has 1 aliphatic heterocycles. The minimum atomic E-state index is -1.16. The van der Waals surface area contributed by atoms with Gasteiger partial charge in [0.05, 0.1) is 12.4 Å². The lowest BCUT2D eigenvalue weighted by atomic mass is 9.78. The molecule has 0 bridgehead atoms. The Labute approximate surface area is 181 Å². The predicted molar refractivity (Wildman–Crippen MR) is 118 cm³/mol. The number of phenolic OH excluding ortho intramolecular Hbond substituents is 1. The monoisotopic (exact) mass is 423 g/mol. The van der Waals surface area contributed by atoms with Gasteiger partial charge in [-0.3, -0.25) is 9.79 Å². The second-order valence-corrected chi connectivity index (χ2v) is 9.21. The Morgan fingerprint density at radius 1 is 1.13 bits per heavy atom. The molecule has 6 heteroatoms. The van der Waals surface area contributed by atoms with Crippen LogP contribution in [0.3, 0.4) is 0 Å². The molecule has 1 heterocycles. The summed E-state index contributed by atoms with van der Waals surface area (Å²) >= 11 is 6.11. The average molecular weight is 424 g/mol. The number of phenols is 1. The van der Waals surface area contributed by atoms with Crippen molar-refractivity contribution in [1.29, 1.82) is 0 Å². The number of carbonyl (C=O) groups is 1. The van der Waals surface area contributed by atoms with E-state index >= 15 is 0 Å². The van der Waals surface area contributed by atoms with E-state index in [2.05, 4.69) is 10.2 Å². The number of nitrogens with zero attached hydrogens (tertiary/aromatic N) is 2. The maximum absolute atomic E-state index is 13.7. The fraction of sp³-hybridized carbons (Fsp3) is 0.417. The molecular weight excluding hydrogens is 398 g/mol. The van der Waals surface area contributed by atoms with Crippen molar-refractivity contribution in [2.24, 2.45) is 16.8 Å². The average Bonchev–Trinajstić information content (AvgIpc) is 3.67. The highest BCUT2D eigenvalue weighted by molar-refractivity contribution is 6.30. The van der Waals surface area contributed by atoms with Gasteiger partial charge in [0, 0.05) is 23.7 Å². The lowest BCUT2D eigenvalue weighted by Gasteiger charge is -2.37. The minimum absolute atomic E-state index is 0.0918. The van der Waals surface area contributed by atoms with Crippen molar-refractivity contribution in [2.45, 2.75) is 37.3 Å². The Balaban J connectivity index is 1.61. The zero-order valence-corrected chi connectivity index (χ0v) is 17.6. The van der Waals surface area contributed by atoms with E-state index in [1.54, 1.807) is 18.5 Å². The molecule has 0 unspecified atom stereocenters. The van der Waals surface area contributed by atoms with Gasteiger partial charge in [0.2, 0.25) is 0 Å². The van der Waals surface area contributed by atoms with Crippen molar-refractivity contribution in [3.63, 3.8) is 0 Å². The van der Waals surface area contributed by atoms with E-state index < -0.39 is 11.6 Å². The molecule has 5 rings (SSSR count). The molecule has 2 atom stereocenters. The third kappa shape index (κ3) is 3.56. The van der Waals surface area contributed by atoms with Crippen molar-refractivity contribution >= 4 is 23.8 Å². The Morgan fingerprint density at radius 2 is 1.87 bits per heavy atom. The first kappa shape index (κ1) is 19.4. The Kier molecular flexibility index (Phi) is 4.94. The van der Waals surface area contributed by atoms with Crippen LogP contribution in [0.5, 0.6) is 5.75 Å². The van der Waals surface area contributed by atoms with Gasteiger partial charge in [0.25, 0.3) is 5.91 Å². The molecule has 2 N–H and O–H groups in total. The summed E-state index contributed by atoms with van der Waals surface area (Å²) in [5, 5.41) is 14.4. The number of benzene rings is 2. The van der Waals surface area contributed by atoms with Gasteiger partial charge in [-0.25, -0.2) is 0 Å². The summed E-state index contributed by atoms with van der Waals surface area (Å²) in [6.07, 6.45) is 6.51. The summed E-state index contributed by atoms with van der Waals surface area (Å²) in [6, 6.07) is 14.4. The molecule has 0 aromatic heterocycles. The van der Waals surface area contributed by atoms with Gasteiger partial charge in [0.1, 0.15) is 5.75 Å². The van der Waals surface area contributed by atoms with Gasteiger partial charge in [0.15, 0.2) is 5.54 Å². The van der Waals surface area contributed by atoms with Crippen LogP contribution in [0.1, 0.15) is 42.9 Å². The minimum Gasteiger partial charge on any atom is -0.508 e. The lowest BCUT2D eigenvalue weighted by Crippen LogP contribution is -2.49. The van der Waals surface area contributed by atoms with Crippen LogP contribution < -0.4 is 5.32 Å². The Hall–Kier alpha value is -2.53. The van der Waals surface area contributed by atoms with Crippen LogP contribution in [0.25, 0.3) is 0 Å². The highest BCUT2D eigenvalue weighted by Crippen LogP contribution is 2.50. The number of carbonyl (C=O) groups excluding carboxylic acids is 1. The number of hydrogen-bond donors (Lipinski definition) is 2. The van der Waals surface area contributed by atoms with Gasteiger partial charge >= 0.3 is 0 Å². The van der Waals surface area contributed by atoms with E-state index in [0.29, 0.717) is 29.0 Å². The number of aliphatic imine (C=N–C) groups is 1. The van der Waals surface area contributed by atoms with E-state index in [-0.39, 0.29) is 11.7 Å². The largest absolute Gasteiger partial charge is 0.508 e. The smallest absolute Gasteiger partial charge is 0.255 e. The highest BCUT2D eigenvalue weighted by Gasteiger charge is 2.54. The van der Waals surface area contributed by atoms with Crippen molar-refractivity contribution in [3.05, 3.63) is 64.7 Å². The molecule has 2 saturated carbocycles. The molecule has 0 saturated heterocycles. The zero-order valence-electron chi connectivity index (χ0n) is 16.8. The van der Waals surface area contributed by atoms with E-state index in [1.165, 1.54) is 12.8 Å². The number of hydrogen-bond acceptors (Lipinski definition) is 4. The van der Waals surface area contributed by atoms with Crippen molar-refractivity contribution in [2.75, 3.05) is 13.1 Å². The van der Waals surface area contributed by atoms with Crippen LogP contribution in [0.2, 0.25) is 5.02 Å². The number of halogens is 1. The Morgan fingerprint density at radius 3 is 2.53 bits per heavy atom. The van der Waals surface area contributed by atoms with Crippen LogP contribution >= 0.6 is 11.6 Å². The second-order valence-electron chi connectivity index (χ2n) is 8.78. The van der Waals surface area contributed by atoms with Gasteiger partial charge < -0.3 is 15.3 Å². The number of nitrogens with one attached hydrogen (secondary N) is 1. The molecule has 2 fully saturated rings. The number of amides is 1. The molecule has 0 spiro atoms. The first-order valence-corrected chi connectivity index (χ1v) is 11.1. The van der Waals surface area contributed by atoms with E-state index in [4.69, 9.17) is 16.6 Å². The first-order valence-electron chi connectivity index (χ1n) is 10.7. The third-order valence-electron chi connectivity index (χ3n) is 6.40. The normalized spacial score (nSPS) is 25.5. The first-order chi connectivity index (χ1) is 14.6. The molecule has 2 aromatic rings. The summed E-state index contributed by atoms with van der Waals surface area (Å²) < 4.78 is 0. The quantitative estimate of drug-likeness (QED) is 0.699. The Bertz CT molecular complexity index is 972. The van der Waals surface area contributed by atoms with Crippen LogP contribution in [0.4, 0.5) is 0 Å². The molecule has 5 nitrogen and oxygen atoms in total. The van der Waals surface area contributed by atoms with Crippen molar-refractivity contribution in [3.8, 4) is 5.75 Å². The SMILES string of the molecule is O=C(NCC1CC1)[C@@]1(c2ccccc2)N=CN(CC2CC2)[C@H]1c1ccc(Cl)cc1O. The molecule has 30 heavy (non-hydrogen) atoms.